The van der Waals surface area contributed by atoms with E-state index in [9.17, 15) is 9.59 Å². The maximum absolute atomic E-state index is 13.1. The smallest absolute Gasteiger partial charge is 0.249 e. The number of rotatable bonds is 6. The highest BCUT2D eigenvalue weighted by Crippen LogP contribution is 2.36. The average Bonchev–Trinajstić information content (AvgIpc) is 3.53. The van der Waals surface area contributed by atoms with E-state index in [1.807, 2.05) is 12.1 Å². The lowest BCUT2D eigenvalue weighted by atomic mass is 10.0. The Bertz CT molecular complexity index is 1420. The summed E-state index contributed by atoms with van der Waals surface area (Å²) < 4.78 is 16.1. The van der Waals surface area contributed by atoms with Gasteiger partial charge in [-0.25, -0.2) is 4.98 Å². The predicted molar refractivity (Wildman–Crippen MR) is 128 cm³/mol. The number of benzene rings is 2. The lowest BCUT2D eigenvalue weighted by Gasteiger charge is -2.18. The van der Waals surface area contributed by atoms with Crippen LogP contribution in [0.15, 0.2) is 58.2 Å². The molecular weight excluding hydrogens is 434 g/mol. The molecule has 1 aliphatic rings. The molecule has 0 saturated heterocycles. The van der Waals surface area contributed by atoms with E-state index in [4.69, 9.17) is 13.9 Å². The minimum Gasteiger partial charge on any atom is -0.496 e. The molecule has 1 amide bonds. The molecule has 2 aromatic carbocycles. The normalized spacial score (nSPS) is 15.8. The molecule has 2 unspecified atom stereocenters. The van der Waals surface area contributed by atoms with Gasteiger partial charge in [0, 0.05) is 30.3 Å². The Morgan fingerprint density at radius 2 is 2.09 bits per heavy atom. The number of ether oxygens (including phenoxy) is 2. The summed E-state index contributed by atoms with van der Waals surface area (Å²) in [6, 6.07) is 11.2. The van der Waals surface area contributed by atoms with Gasteiger partial charge in [-0.05, 0) is 48.6 Å². The minimum atomic E-state index is -0.513. The van der Waals surface area contributed by atoms with Crippen molar-refractivity contribution in [2.75, 3.05) is 14.2 Å². The molecule has 4 aromatic rings. The monoisotopic (exact) mass is 459 g/mol. The van der Waals surface area contributed by atoms with Crippen molar-refractivity contribution in [3.8, 4) is 28.3 Å². The van der Waals surface area contributed by atoms with Gasteiger partial charge in [-0.2, -0.15) is 0 Å². The Morgan fingerprint density at radius 1 is 1.24 bits per heavy atom. The van der Waals surface area contributed by atoms with E-state index in [-0.39, 0.29) is 17.4 Å². The number of aryl methyl sites for hydroxylation is 1. The fraction of sp³-hybridized carbons (Fsp3) is 0.269. The van der Waals surface area contributed by atoms with Crippen molar-refractivity contribution in [1.29, 1.82) is 0 Å². The Hall–Kier alpha value is -3.91. The third-order valence-electron chi connectivity index (χ3n) is 6.42. The number of carbonyl (C=O) groups excluding carboxylic acids is 1. The second-order valence-electron chi connectivity index (χ2n) is 8.40. The molecule has 0 bridgehead atoms. The van der Waals surface area contributed by atoms with Crippen LogP contribution in [0.1, 0.15) is 30.5 Å². The van der Waals surface area contributed by atoms with Crippen molar-refractivity contribution >= 4 is 16.8 Å². The number of hydrogen-bond acceptors (Lipinski definition) is 6. The summed E-state index contributed by atoms with van der Waals surface area (Å²) in [5.41, 5.74) is 5.02. The number of H-pyrrole nitrogens is 1. The van der Waals surface area contributed by atoms with Crippen LogP contribution in [0, 0.1) is 0 Å². The number of amides is 1. The lowest BCUT2D eigenvalue weighted by molar-refractivity contribution is -0.130. The van der Waals surface area contributed by atoms with Crippen molar-refractivity contribution in [3.63, 3.8) is 0 Å². The van der Waals surface area contributed by atoms with E-state index in [2.05, 4.69) is 21.4 Å². The number of nitrogens with one attached hydrogen (secondary N) is 2. The molecule has 0 fully saturated rings. The molecule has 0 aliphatic heterocycles. The van der Waals surface area contributed by atoms with Crippen LogP contribution in [0.4, 0.5) is 0 Å². The maximum atomic E-state index is 13.1. The van der Waals surface area contributed by atoms with Gasteiger partial charge in [0.15, 0.2) is 17.6 Å². The first-order chi connectivity index (χ1) is 16.5. The van der Waals surface area contributed by atoms with Crippen LogP contribution in [-0.4, -0.2) is 36.2 Å². The number of methoxy groups -OCH3 is 2. The van der Waals surface area contributed by atoms with Gasteiger partial charge in [0.2, 0.25) is 5.91 Å². The zero-order valence-electron chi connectivity index (χ0n) is 19.2. The van der Waals surface area contributed by atoms with Gasteiger partial charge in [0.25, 0.3) is 0 Å². The summed E-state index contributed by atoms with van der Waals surface area (Å²) in [6.45, 7) is 1.73. The molecule has 1 aliphatic carbocycles. The van der Waals surface area contributed by atoms with Gasteiger partial charge in [0.05, 0.1) is 30.4 Å². The maximum Gasteiger partial charge on any atom is 0.249 e. The third-order valence-corrected chi connectivity index (χ3v) is 6.42. The van der Waals surface area contributed by atoms with Crippen LogP contribution < -0.4 is 15.5 Å². The second-order valence-corrected chi connectivity index (χ2v) is 8.40. The highest BCUT2D eigenvalue weighted by Gasteiger charge is 2.26. The molecule has 0 saturated carbocycles. The van der Waals surface area contributed by atoms with Gasteiger partial charge in [0.1, 0.15) is 11.9 Å². The molecule has 2 aromatic heterocycles. The fourth-order valence-electron chi connectivity index (χ4n) is 4.46. The third kappa shape index (κ3) is 3.86. The zero-order chi connectivity index (χ0) is 23.8. The summed E-state index contributed by atoms with van der Waals surface area (Å²) in [5, 5.41) is 3.60. The van der Waals surface area contributed by atoms with Crippen LogP contribution in [-0.2, 0) is 16.0 Å². The van der Waals surface area contributed by atoms with Gasteiger partial charge < -0.3 is 24.2 Å². The van der Waals surface area contributed by atoms with Crippen molar-refractivity contribution in [2.45, 2.75) is 31.9 Å². The molecule has 34 heavy (non-hydrogen) atoms. The molecule has 0 radical (unpaired) electrons. The topological polar surface area (TPSA) is 106 Å². The van der Waals surface area contributed by atoms with E-state index in [1.54, 1.807) is 38.4 Å². The number of aromatic amines is 1. The first-order valence-electron chi connectivity index (χ1n) is 11.1. The zero-order valence-corrected chi connectivity index (χ0v) is 19.2. The molecule has 5 rings (SSSR count). The Balaban J connectivity index is 1.54. The van der Waals surface area contributed by atoms with Gasteiger partial charge in [-0.15, -0.1) is 0 Å². The summed E-state index contributed by atoms with van der Waals surface area (Å²) in [4.78, 5) is 32.7. The van der Waals surface area contributed by atoms with Crippen LogP contribution >= 0.6 is 0 Å². The molecule has 2 heterocycles. The van der Waals surface area contributed by atoms with Crippen LogP contribution in [0.2, 0.25) is 0 Å². The molecular formula is C26H25N3O5. The SMILES string of the molecule is COc1cc2[nH]c(-c3ccc4c(c3)C(NC(=O)C(C)OC)CC4)cc(=O)c2cc1-c1cnco1. The molecule has 0 spiro atoms. The minimum absolute atomic E-state index is 0.0863. The fourth-order valence-corrected chi connectivity index (χ4v) is 4.46. The van der Waals surface area contributed by atoms with Crippen LogP contribution in [0.3, 0.4) is 0 Å². The summed E-state index contributed by atoms with van der Waals surface area (Å²) in [6.07, 6.45) is 4.13. The summed E-state index contributed by atoms with van der Waals surface area (Å²) in [7, 11) is 3.09. The van der Waals surface area contributed by atoms with E-state index in [0.29, 0.717) is 33.7 Å². The van der Waals surface area contributed by atoms with Crippen molar-refractivity contribution in [2.24, 2.45) is 0 Å². The Morgan fingerprint density at radius 3 is 2.82 bits per heavy atom. The highest BCUT2D eigenvalue weighted by atomic mass is 16.5. The number of nitrogens with zero attached hydrogens (tertiary/aromatic N) is 1. The summed E-state index contributed by atoms with van der Waals surface area (Å²) in [5.74, 6) is 0.956. The second kappa shape index (κ2) is 8.79. The molecule has 174 valence electrons. The number of pyridine rings is 1. The quantitative estimate of drug-likeness (QED) is 0.451. The largest absolute Gasteiger partial charge is 0.496 e. The van der Waals surface area contributed by atoms with Crippen LogP contribution in [0.5, 0.6) is 5.75 Å². The lowest BCUT2D eigenvalue weighted by Crippen LogP contribution is -2.35. The van der Waals surface area contributed by atoms with Crippen LogP contribution in [0.25, 0.3) is 33.5 Å². The first-order valence-corrected chi connectivity index (χ1v) is 11.1. The highest BCUT2D eigenvalue weighted by molar-refractivity contribution is 5.88. The predicted octanol–water partition coefficient (Wildman–Crippen LogP) is 4.00. The number of hydrogen-bond donors (Lipinski definition) is 2. The van der Waals surface area contributed by atoms with Crippen molar-refractivity contribution in [1.82, 2.24) is 15.3 Å². The molecule has 2 N–H and O–H groups in total. The van der Waals surface area contributed by atoms with E-state index >= 15 is 0 Å². The average molecular weight is 460 g/mol. The van der Waals surface area contributed by atoms with E-state index < -0.39 is 6.10 Å². The molecule has 2 atom stereocenters. The van der Waals surface area contributed by atoms with Gasteiger partial charge in [-0.3, -0.25) is 9.59 Å². The van der Waals surface area contributed by atoms with Crippen molar-refractivity contribution < 1.29 is 18.7 Å². The van der Waals surface area contributed by atoms with Crippen molar-refractivity contribution in [3.05, 3.63) is 70.3 Å². The summed E-state index contributed by atoms with van der Waals surface area (Å²) >= 11 is 0. The number of oxazole rings is 1. The van der Waals surface area contributed by atoms with E-state index in [0.717, 1.165) is 24.0 Å². The standard InChI is InChI=1S/C26H25N3O5/c1-14(32-2)26(31)29-20-7-6-15-4-5-16(8-17(15)20)21-10-23(30)18-9-19(25-12-27-13-34-25)24(33-3)11-22(18)28-21/h4-5,8-14,20H,6-7H2,1-3H3,(H,28,30)(H,29,31). The van der Waals surface area contributed by atoms with Gasteiger partial charge >= 0.3 is 0 Å². The Labute approximate surface area is 195 Å². The number of fused-ring (bicyclic) bond motifs is 2. The number of aromatic nitrogens is 2. The molecule has 8 nitrogen and oxygen atoms in total. The van der Waals surface area contributed by atoms with Gasteiger partial charge in [-0.1, -0.05) is 12.1 Å². The first kappa shape index (κ1) is 21.9. The number of carbonyl (C=O) groups is 1. The van der Waals surface area contributed by atoms with E-state index in [1.165, 1.54) is 19.1 Å². The molecule has 8 heteroatoms. The Kier molecular flexibility index (Phi) is 5.67.